The first kappa shape index (κ1) is 18.0. The van der Waals surface area contributed by atoms with E-state index in [1.54, 1.807) is 0 Å². The van der Waals surface area contributed by atoms with Crippen LogP contribution in [0, 0.1) is 0 Å². The van der Waals surface area contributed by atoms with Crippen LogP contribution in [-0.4, -0.2) is 43.1 Å². The predicted molar refractivity (Wildman–Crippen MR) is 105 cm³/mol. The molecule has 1 aromatic heterocycles. The van der Waals surface area contributed by atoms with Crippen molar-refractivity contribution in [1.29, 1.82) is 0 Å². The van der Waals surface area contributed by atoms with Gasteiger partial charge in [0.05, 0.1) is 12.6 Å². The van der Waals surface area contributed by atoms with Crippen LogP contribution in [-0.2, 0) is 0 Å². The number of nitrogens with one attached hydrogen (secondary N) is 2. The molecule has 4 nitrogen and oxygen atoms in total. The van der Waals surface area contributed by atoms with Crippen LogP contribution in [0.3, 0.4) is 0 Å². The molecule has 3 rings (SSSR count). The summed E-state index contributed by atoms with van der Waals surface area (Å²) in [6.07, 6.45) is 5.22. The average Bonchev–Trinajstić information content (AvgIpc) is 2.98. The van der Waals surface area contributed by atoms with E-state index in [0.29, 0.717) is 12.1 Å². The van der Waals surface area contributed by atoms with E-state index < -0.39 is 0 Å². The van der Waals surface area contributed by atoms with E-state index in [0.717, 1.165) is 19.0 Å². The van der Waals surface area contributed by atoms with Gasteiger partial charge in [0.1, 0.15) is 0 Å². The van der Waals surface area contributed by atoms with Gasteiger partial charge in [-0.05, 0) is 57.1 Å². The quantitative estimate of drug-likeness (QED) is 0.411. The lowest BCUT2D eigenvalue weighted by Crippen LogP contribution is -2.39. The Hall–Kier alpha value is -0.340. The summed E-state index contributed by atoms with van der Waals surface area (Å²) in [5, 5.41) is 9.05. The van der Waals surface area contributed by atoms with Crippen LogP contribution in [0.2, 0.25) is 0 Å². The summed E-state index contributed by atoms with van der Waals surface area (Å²) < 4.78 is 0. The molecule has 22 heavy (non-hydrogen) atoms. The molecule has 0 aromatic carbocycles. The van der Waals surface area contributed by atoms with Gasteiger partial charge in [0.15, 0.2) is 5.96 Å². The molecule has 124 valence electrons. The number of rotatable bonds is 6. The molecule has 1 aromatic rings. The van der Waals surface area contributed by atoms with Crippen molar-refractivity contribution in [2.45, 2.75) is 44.7 Å². The van der Waals surface area contributed by atoms with Crippen molar-refractivity contribution in [3.63, 3.8) is 0 Å². The molecule has 6 heteroatoms. The Balaban J connectivity index is 0.00000176. The van der Waals surface area contributed by atoms with Crippen LogP contribution in [0.25, 0.3) is 0 Å². The number of likely N-dealkylation sites (tertiary alicyclic amines) is 1. The second-order valence-electron chi connectivity index (χ2n) is 5.91. The lowest BCUT2D eigenvalue weighted by Gasteiger charge is -2.25. The number of hydrogen-bond donors (Lipinski definition) is 2. The van der Waals surface area contributed by atoms with Crippen molar-refractivity contribution >= 4 is 41.3 Å². The van der Waals surface area contributed by atoms with Crippen LogP contribution >= 0.6 is 35.3 Å². The Morgan fingerprint density at radius 1 is 1.41 bits per heavy atom. The highest BCUT2D eigenvalue weighted by Crippen LogP contribution is 2.28. The first-order valence-electron chi connectivity index (χ1n) is 8.19. The fourth-order valence-electron chi connectivity index (χ4n) is 2.84. The Morgan fingerprint density at radius 3 is 2.77 bits per heavy atom. The van der Waals surface area contributed by atoms with Crippen LogP contribution in [0.15, 0.2) is 22.5 Å². The number of halogens is 1. The van der Waals surface area contributed by atoms with Gasteiger partial charge in [-0.3, -0.25) is 9.89 Å². The minimum absolute atomic E-state index is 0. The van der Waals surface area contributed by atoms with Crippen molar-refractivity contribution < 1.29 is 0 Å². The maximum Gasteiger partial charge on any atom is 0.191 e. The van der Waals surface area contributed by atoms with Crippen molar-refractivity contribution in [3.8, 4) is 0 Å². The van der Waals surface area contributed by atoms with E-state index in [1.807, 2.05) is 11.3 Å². The molecular weight excluding hydrogens is 407 g/mol. The third kappa shape index (κ3) is 5.09. The molecule has 2 heterocycles. The van der Waals surface area contributed by atoms with Gasteiger partial charge in [0, 0.05) is 17.5 Å². The van der Waals surface area contributed by atoms with Crippen molar-refractivity contribution in [2.24, 2.45) is 4.99 Å². The second kappa shape index (κ2) is 9.08. The molecule has 1 atom stereocenters. The molecule has 2 N–H and O–H groups in total. The lowest BCUT2D eigenvalue weighted by molar-refractivity contribution is 0.255. The normalized spacial score (nSPS) is 20.5. The number of guanidine groups is 1. The standard InChI is InChI=1S/C16H26N4S.HI/c1-2-17-16(19-13-7-8-13)18-12-14(15-6-5-11-21-15)20-9-3-4-10-20;/h5-6,11,13-14H,2-4,7-10,12H2,1H3,(H2,17,18,19);1H. The third-order valence-corrected chi connectivity index (χ3v) is 5.11. The summed E-state index contributed by atoms with van der Waals surface area (Å²) in [5.74, 6) is 0.987. The van der Waals surface area contributed by atoms with E-state index in [4.69, 9.17) is 4.99 Å². The molecule has 0 amide bonds. The number of hydrogen-bond acceptors (Lipinski definition) is 3. The smallest absolute Gasteiger partial charge is 0.191 e. The molecule has 0 spiro atoms. The predicted octanol–water partition coefficient (Wildman–Crippen LogP) is 3.22. The molecule has 0 radical (unpaired) electrons. The molecule has 0 bridgehead atoms. The van der Waals surface area contributed by atoms with E-state index in [-0.39, 0.29) is 24.0 Å². The summed E-state index contributed by atoms with van der Waals surface area (Å²) in [7, 11) is 0. The third-order valence-electron chi connectivity index (χ3n) is 4.14. The van der Waals surface area contributed by atoms with Crippen LogP contribution < -0.4 is 10.6 Å². The summed E-state index contributed by atoms with van der Waals surface area (Å²) >= 11 is 1.86. The zero-order valence-corrected chi connectivity index (χ0v) is 16.4. The molecule has 2 aliphatic rings. The molecular formula is C16H27IN4S. The van der Waals surface area contributed by atoms with Gasteiger partial charge in [-0.1, -0.05) is 6.07 Å². The van der Waals surface area contributed by atoms with E-state index >= 15 is 0 Å². The molecule has 1 aliphatic carbocycles. The number of thiophene rings is 1. The minimum atomic E-state index is 0. The zero-order valence-electron chi connectivity index (χ0n) is 13.3. The summed E-state index contributed by atoms with van der Waals surface area (Å²) in [4.78, 5) is 8.89. The summed E-state index contributed by atoms with van der Waals surface area (Å²) in [6, 6.07) is 5.50. The van der Waals surface area contributed by atoms with Crippen LogP contribution in [0.5, 0.6) is 0 Å². The van der Waals surface area contributed by atoms with Crippen molar-refractivity contribution in [2.75, 3.05) is 26.2 Å². The highest BCUT2D eigenvalue weighted by atomic mass is 127. The molecule has 1 unspecified atom stereocenters. The fraction of sp³-hybridized carbons (Fsp3) is 0.688. The van der Waals surface area contributed by atoms with Gasteiger partial charge in [-0.2, -0.15) is 0 Å². The molecule has 1 aliphatic heterocycles. The first-order chi connectivity index (χ1) is 10.4. The van der Waals surface area contributed by atoms with E-state index in [1.165, 1.54) is 43.6 Å². The van der Waals surface area contributed by atoms with Gasteiger partial charge < -0.3 is 10.6 Å². The Bertz CT molecular complexity index is 453. The maximum absolute atomic E-state index is 4.85. The average molecular weight is 434 g/mol. The Kier molecular flexibility index (Phi) is 7.43. The molecule has 1 saturated carbocycles. The Labute approximate surface area is 154 Å². The zero-order chi connectivity index (χ0) is 14.5. The first-order valence-corrected chi connectivity index (χ1v) is 9.07. The van der Waals surface area contributed by atoms with Gasteiger partial charge in [0.25, 0.3) is 0 Å². The van der Waals surface area contributed by atoms with Crippen LogP contribution in [0.4, 0.5) is 0 Å². The molecule has 1 saturated heterocycles. The van der Waals surface area contributed by atoms with Gasteiger partial charge in [0.2, 0.25) is 0 Å². The summed E-state index contributed by atoms with van der Waals surface area (Å²) in [5.41, 5.74) is 0. The largest absolute Gasteiger partial charge is 0.357 e. The fourth-order valence-corrected chi connectivity index (χ4v) is 3.69. The number of nitrogens with zero attached hydrogens (tertiary/aromatic N) is 2. The van der Waals surface area contributed by atoms with E-state index in [2.05, 4.69) is 40.0 Å². The minimum Gasteiger partial charge on any atom is -0.357 e. The maximum atomic E-state index is 4.85. The number of aliphatic imine (C=N–C) groups is 1. The van der Waals surface area contributed by atoms with Gasteiger partial charge in [-0.25, -0.2) is 0 Å². The van der Waals surface area contributed by atoms with Crippen molar-refractivity contribution in [1.82, 2.24) is 15.5 Å². The Morgan fingerprint density at radius 2 is 2.18 bits per heavy atom. The van der Waals surface area contributed by atoms with Gasteiger partial charge >= 0.3 is 0 Å². The summed E-state index contributed by atoms with van der Waals surface area (Å²) in [6.45, 7) is 6.32. The highest BCUT2D eigenvalue weighted by Gasteiger charge is 2.25. The SMILES string of the molecule is CCNC(=NCC(c1cccs1)N1CCCC1)NC1CC1.I. The van der Waals surface area contributed by atoms with E-state index in [9.17, 15) is 0 Å². The van der Waals surface area contributed by atoms with Gasteiger partial charge in [-0.15, -0.1) is 35.3 Å². The topological polar surface area (TPSA) is 39.7 Å². The monoisotopic (exact) mass is 434 g/mol. The molecule has 2 fully saturated rings. The second-order valence-corrected chi connectivity index (χ2v) is 6.89. The van der Waals surface area contributed by atoms with Crippen molar-refractivity contribution in [3.05, 3.63) is 22.4 Å². The highest BCUT2D eigenvalue weighted by molar-refractivity contribution is 14.0. The lowest BCUT2D eigenvalue weighted by atomic mass is 10.2. The van der Waals surface area contributed by atoms with Crippen LogP contribution in [0.1, 0.15) is 43.5 Å².